The van der Waals surface area contributed by atoms with Crippen LogP contribution in [0, 0.1) is 0 Å². The molecule has 1 aromatic rings. The van der Waals surface area contributed by atoms with Gasteiger partial charge in [0.05, 0.1) is 25.4 Å². The summed E-state index contributed by atoms with van der Waals surface area (Å²) in [4.78, 5) is 14.1. The summed E-state index contributed by atoms with van der Waals surface area (Å²) in [5.41, 5.74) is 5.71. The Balaban J connectivity index is 1.95. The number of piperidine rings is 1. The van der Waals surface area contributed by atoms with Gasteiger partial charge >= 0.3 is 0 Å². The van der Waals surface area contributed by atoms with Crippen molar-refractivity contribution in [2.24, 2.45) is 5.73 Å². The maximum atomic E-state index is 12.4. The molecule has 21 heavy (non-hydrogen) atoms. The number of carbonyl (C=O) groups is 1. The zero-order chi connectivity index (χ0) is 15.2. The van der Waals surface area contributed by atoms with E-state index in [1.807, 2.05) is 0 Å². The number of phenolic OH excluding ortho intramolecular Hbond substituents is 1. The van der Waals surface area contributed by atoms with Gasteiger partial charge < -0.3 is 25.2 Å². The van der Waals surface area contributed by atoms with Gasteiger partial charge in [-0.2, -0.15) is 0 Å². The SMILES string of the molecule is COc1ccc(C(=O)N2CCC(OCCN)CC2)c(O)c1. The summed E-state index contributed by atoms with van der Waals surface area (Å²) >= 11 is 0. The van der Waals surface area contributed by atoms with Gasteiger partial charge in [-0.1, -0.05) is 0 Å². The number of likely N-dealkylation sites (tertiary alicyclic amines) is 1. The van der Waals surface area contributed by atoms with Crippen LogP contribution < -0.4 is 10.5 Å². The standard InChI is InChI=1S/C15H22N2O4/c1-20-12-2-3-13(14(18)10-12)15(19)17-7-4-11(5-8-17)21-9-6-16/h2-3,10-11,18H,4-9,16H2,1H3. The molecule has 1 aromatic carbocycles. The number of nitrogens with zero attached hydrogens (tertiary/aromatic N) is 1. The van der Waals surface area contributed by atoms with E-state index in [0.717, 1.165) is 12.8 Å². The molecule has 1 aliphatic heterocycles. The molecule has 0 aliphatic carbocycles. The molecule has 6 heteroatoms. The molecule has 6 nitrogen and oxygen atoms in total. The van der Waals surface area contributed by atoms with Crippen LogP contribution in [0.3, 0.4) is 0 Å². The van der Waals surface area contributed by atoms with Crippen LogP contribution in [-0.2, 0) is 4.74 Å². The lowest BCUT2D eigenvalue weighted by atomic mass is 10.1. The summed E-state index contributed by atoms with van der Waals surface area (Å²) < 4.78 is 10.6. The van der Waals surface area contributed by atoms with Crippen LogP contribution >= 0.6 is 0 Å². The number of phenols is 1. The summed E-state index contributed by atoms with van der Waals surface area (Å²) in [6.45, 7) is 2.32. The molecule has 1 amide bonds. The van der Waals surface area contributed by atoms with E-state index < -0.39 is 0 Å². The third-order valence-corrected chi connectivity index (χ3v) is 3.64. The number of ether oxygens (including phenoxy) is 2. The Morgan fingerprint density at radius 3 is 2.71 bits per heavy atom. The number of hydrogen-bond donors (Lipinski definition) is 2. The van der Waals surface area contributed by atoms with Gasteiger partial charge in [-0.15, -0.1) is 0 Å². The van der Waals surface area contributed by atoms with Gasteiger partial charge in [0.25, 0.3) is 5.91 Å². The number of rotatable bonds is 5. The van der Waals surface area contributed by atoms with Crippen LogP contribution in [-0.4, -0.2) is 55.4 Å². The van der Waals surface area contributed by atoms with E-state index in [0.29, 0.717) is 37.6 Å². The van der Waals surface area contributed by atoms with Crippen molar-refractivity contribution in [3.05, 3.63) is 23.8 Å². The molecule has 0 radical (unpaired) electrons. The lowest BCUT2D eigenvalue weighted by Crippen LogP contribution is -2.41. The highest BCUT2D eigenvalue weighted by molar-refractivity contribution is 5.97. The van der Waals surface area contributed by atoms with Crippen LogP contribution in [0.2, 0.25) is 0 Å². The van der Waals surface area contributed by atoms with Crippen molar-refractivity contribution in [2.75, 3.05) is 33.4 Å². The highest BCUT2D eigenvalue weighted by atomic mass is 16.5. The van der Waals surface area contributed by atoms with Crippen molar-refractivity contribution >= 4 is 5.91 Å². The summed E-state index contributed by atoms with van der Waals surface area (Å²) in [5, 5.41) is 9.93. The largest absolute Gasteiger partial charge is 0.507 e. The van der Waals surface area contributed by atoms with E-state index >= 15 is 0 Å². The normalized spacial score (nSPS) is 16.0. The number of hydrogen-bond acceptors (Lipinski definition) is 5. The lowest BCUT2D eigenvalue weighted by Gasteiger charge is -2.32. The van der Waals surface area contributed by atoms with Crippen LogP contribution in [0.15, 0.2) is 18.2 Å². The van der Waals surface area contributed by atoms with Gasteiger partial charge in [0.2, 0.25) is 0 Å². The molecule has 1 aliphatic rings. The Hall–Kier alpha value is -1.79. The van der Waals surface area contributed by atoms with Gasteiger partial charge in [0.15, 0.2) is 0 Å². The first kappa shape index (κ1) is 15.6. The Bertz CT molecular complexity index is 485. The van der Waals surface area contributed by atoms with E-state index in [1.54, 1.807) is 17.0 Å². The Kier molecular flexibility index (Phi) is 5.41. The van der Waals surface area contributed by atoms with Crippen LogP contribution in [0.5, 0.6) is 11.5 Å². The van der Waals surface area contributed by atoms with Gasteiger partial charge in [0.1, 0.15) is 11.5 Å². The maximum Gasteiger partial charge on any atom is 0.257 e. The number of benzene rings is 1. The number of carbonyl (C=O) groups excluding carboxylic acids is 1. The van der Waals surface area contributed by atoms with Gasteiger partial charge in [-0.05, 0) is 25.0 Å². The zero-order valence-corrected chi connectivity index (χ0v) is 12.2. The molecular formula is C15H22N2O4. The average molecular weight is 294 g/mol. The molecule has 1 saturated heterocycles. The quantitative estimate of drug-likeness (QED) is 0.845. The molecule has 0 atom stereocenters. The highest BCUT2D eigenvalue weighted by Gasteiger charge is 2.25. The van der Waals surface area contributed by atoms with E-state index in [9.17, 15) is 9.90 Å². The van der Waals surface area contributed by atoms with Crippen molar-refractivity contribution < 1.29 is 19.4 Å². The molecule has 0 bridgehead atoms. The maximum absolute atomic E-state index is 12.4. The Labute approximate surface area is 124 Å². The van der Waals surface area contributed by atoms with Crippen molar-refractivity contribution in [3.8, 4) is 11.5 Å². The summed E-state index contributed by atoms with van der Waals surface area (Å²) in [6.07, 6.45) is 1.76. The zero-order valence-electron chi connectivity index (χ0n) is 12.2. The van der Waals surface area contributed by atoms with E-state index in [4.69, 9.17) is 15.2 Å². The minimum atomic E-state index is -0.160. The Morgan fingerprint density at radius 2 is 2.14 bits per heavy atom. The highest BCUT2D eigenvalue weighted by Crippen LogP contribution is 2.26. The number of amides is 1. The number of methoxy groups -OCH3 is 1. The monoisotopic (exact) mass is 294 g/mol. The van der Waals surface area contributed by atoms with E-state index in [-0.39, 0.29) is 17.8 Å². The molecule has 1 heterocycles. The first-order chi connectivity index (χ1) is 10.2. The van der Waals surface area contributed by atoms with Crippen molar-refractivity contribution in [1.82, 2.24) is 4.90 Å². The molecule has 116 valence electrons. The molecule has 0 unspecified atom stereocenters. The molecular weight excluding hydrogens is 272 g/mol. The van der Waals surface area contributed by atoms with Crippen LogP contribution in [0.25, 0.3) is 0 Å². The molecule has 0 aromatic heterocycles. The minimum Gasteiger partial charge on any atom is -0.507 e. The number of nitrogens with two attached hydrogens (primary N) is 1. The van der Waals surface area contributed by atoms with E-state index in [2.05, 4.69) is 0 Å². The second-order valence-electron chi connectivity index (χ2n) is 5.03. The van der Waals surface area contributed by atoms with Crippen LogP contribution in [0.1, 0.15) is 23.2 Å². The molecule has 0 spiro atoms. The molecule has 2 rings (SSSR count). The molecule has 1 fully saturated rings. The van der Waals surface area contributed by atoms with Crippen molar-refractivity contribution in [2.45, 2.75) is 18.9 Å². The fourth-order valence-electron chi connectivity index (χ4n) is 2.45. The molecule has 0 saturated carbocycles. The van der Waals surface area contributed by atoms with E-state index in [1.165, 1.54) is 13.2 Å². The smallest absolute Gasteiger partial charge is 0.257 e. The van der Waals surface area contributed by atoms with Gasteiger partial charge in [-0.3, -0.25) is 4.79 Å². The minimum absolute atomic E-state index is 0.0548. The third-order valence-electron chi connectivity index (χ3n) is 3.64. The van der Waals surface area contributed by atoms with Crippen molar-refractivity contribution in [1.29, 1.82) is 0 Å². The van der Waals surface area contributed by atoms with Gasteiger partial charge in [-0.25, -0.2) is 0 Å². The van der Waals surface area contributed by atoms with Crippen LogP contribution in [0.4, 0.5) is 0 Å². The third kappa shape index (κ3) is 3.86. The summed E-state index contributed by atoms with van der Waals surface area (Å²) in [6, 6.07) is 4.71. The summed E-state index contributed by atoms with van der Waals surface area (Å²) in [7, 11) is 1.52. The molecule has 3 N–H and O–H groups in total. The lowest BCUT2D eigenvalue weighted by molar-refractivity contribution is 0.0121. The second-order valence-corrected chi connectivity index (χ2v) is 5.03. The Morgan fingerprint density at radius 1 is 1.43 bits per heavy atom. The van der Waals surface area contributed by atoms with Gasteiger partial charge in [0, 0.05) is 25.7 Å². The first-order valence-corrected chi connectivity index (χ1v) is 7.13. The fraction of sp³-hybridized carbons (Fsp3) is 0.533. The average Bonchev–Trinajstić information content (AvgIpc) is 2.52. The first-order valence-electron chi connectivity index (χ1n) is 7.13. The predicted molar refractivity (Wildman–Crippen MR) is 78.6 cm³/mol. The fourth-order valence-corrected chi connectivity index (χ4v) is 2.45. The topological polar surface area (TPSA) is 85.0 Å². The summed E-state index contributed by atoms with van der Waals surface area (Å²) in [5.74, 6) is 0.311. The predicted octanol–water partition coefficient (Wildman–Crippen LogP) is 0.981. The van der Waals surface area contributed by atoms with Crippen molar-refractivity contribution in [3.63, 3.8) is 0 Å². The second kappa shape index (κ2) is 7.28. The number of aromatic hydroxyl groups is 1.